The number of benzene rings is 1. The zero-order chi connectivity index (χ0) is 11.5. The van der Waals surface area contributed by atoms with Crippen LogP contribution in [-0.4, -0.2) is 24.9 Å². The molecular weight excluding hydrogens is 274 g/mol. The van der Waals surface area contributed by atoms with Crippen molar-refractivity contribution >= 4 is 15.9 Å². The second kappa shape index (κ2) is 5.03. The van der Waals surface area contributed by atoms with Crippen molar-refractivity contribution in [1.29, 1.82) is 0 Å². The molecule has 1 unspecified atom stereocenters. The summed E-state index contributed by atoms with van der Waals surface area (Å²) in [7, 11) is 0. The number of halogens is 1. The lowest BCUT2D eigenvalue weighted by Gasteiger charge is -2.14. The summed E-state index contributed by atoms with van der Waals surface area (Å²) in [5, 5.41) is 9.68. The first-order chi connectivity index (χ1) is 7.72. The van der Waals surface area contributed by atoms with E-state index in [2.05, 4.69) is 15.9 Å². The number of nitrogens with two attached hydrogens (primary N) is 1. The van der Waals surface area contributed by atoms with Crippen molar-refractivity contribution in [3.05, 3.63) is 22.2 Å². The quantitative estimate of drug-likeness (QED) is 0.867. The first kappa shape index (κ1) is 11.7. The Morgan fingerprint density at radius 2 is 2.12 bits per heavy atom. The minimum atomic E-state index is -0.673. The monoisotopic (exact) mass is 287 g/mol. The third kappa shape index (κ3) is 2.31. The van der Waals surface area contributed by atoms with E-state index >= 15 is 0 Å². The van der Waals surface area contributed by atoms with Gasteiger partial charge in [-0.15, -0.1) is 0 Å². The fraction of sp³-hybridized carbons (Fsp3) is 0.455. The van der Waals surface area contributed by atoms with Gasteiger partial charge < -0.3 is 20.3 Å². The molecule has 1 aromatic carbocycles. The second-order valence-electron chi connectivity index (χ2n) is 3.63. The highest BCUT2D eigenvalue weighted by molar-refractivity contribution is 9.10. The van der Waals surface area contributed by atoms with E-state index in [1.54, 1.807) is 6.07 Å². The average molecular weight is 288 g/mol. The van der Waals surface area contributed by atoms with Gasteiger partial charge in [0.2, 0.25) is 0 Å². The van der Waals surface area contributed by atoms with E-state index in [-0.39, 0.29) is 6.54 Å². The van der Waals surface area contributed by atoms with Gasteiger partial charge in [-0.25, -0.2) is 0 Å². The summed E-state index contributed by atoms with van der Waals surface area (Å²) >= 11 is 3.41. The van der Waals surface area contributed by atoms with Crippen molar-refractivity contribution in [3.8, 4) is 11.5 Å². The Morgan fingerprint density at radius 1 is 1.38 bits per heavy atom. The average Bonchev–Trinajstić information content (AvgIpc) is 2.53. The topological polar surface area (TPSA) is 64.7 Å². The van der Waals surface area contributed by atoms with Gasteiger partial charge in [0.05, 0.1) is 23.8 Å². The van der Waals surface area contributed by atoms with E-state index in [1.807, 2.05) is 6.07 Å². The highest BCUT2D eigenvalue weighted by atomic mass is 79.9. The molecule has 3 N–H and O–H groups in total. The molecule has 16 heavy (non-hydrogen) atoms. The number of fused-ring (bicyclic) bond motifs is 1. The van der Waals surface area contributed by atoms with Crippen molar-refractivity contribution < 1.29 is 14.6 Å². The van der Waals surface area contributed by atoms with Crippen molar-refractivity contribution in [2.24, 2.45) is 5.73 Å². The molecule has 2 rings (SSSR count). The molecule has 1 atom stereocenters. The lowest BCUT2D eigenvalue weighted by atomic mass is 10.1. The van der Waals surface area contributed by atoms with Gasteiger partial charge in [0.15, 0.2) is 11.5 Å². The summed E-state index contributed by atoms with van der Waals surface area (Å²) < 4.78 is 11.9. The highest BCUT2D eigenvalue weighted by Crippen LogP contribution is 2.39. The van der Waals surface area contributed by atoms with Gasteiger partial charge in [-0.2, -0.15) is 0 Å². The molecule has 0 spiro atoms. The van der Waals surface area contributed by atoms with Crippen LogP contribution >= 0.6 is 15.9 Å². The minimum absolute atomic E-state index is 0.187. The summed E-state index contributed by atoms with van der Waals surface area (Å²) in [6, 6.07) is 3.59. The van der Waals surface area contributed by atoms with Gasteiger partial charge in [0.1, 0.15) is 0 Å². The maximum absolute atomic E-state index is 9.68. The predicted octanol–water partition coefficient (Wildman–Crippen LogP) is 1.60. The van der Waals surface area contributed by atoms with Crippen LogP contribution in [-0.2, 0) is 0 Å². The van der Waals surface area contributed by atoms with Crippen molar-refractivity contribution in [1.82, 2.24) is 0 Å². The van der Waals surface area contributed by atoms with Crippen molar-refractivity contribution in [2.45, 2.75) is 12.5 Å². The molecule has 1 heterocycles. The largest absolute Gasteiger partial charge is 0.490 e. The third-order valence-corrected chi connectivity index (χ3v) is 3.02. The van der Waals surface area contributed by atoms with E-state index in [9.17, 15) is 5.11 Å². The van der Waals surface area contributed by atoms with Crippen molar-refractivity contribution in [2.75, 3.05) is 19.8 Å². The van der Waals surface area contributed by atoms with Crippen LogP contribution in [0.1, 0.15) is 18.1 Å². The number of aliphatic hydroxyl groups excluding tert-OH is 1. The molecule has 0 radical (unpaired) electrons. The smallest absolute Gasteiger partial charge is 0.175 e. The molecule has 0 saturated heterocycles. The standard InChI is InChI=1S/C11H14BrNO3/c12-8-4-7(9(14)6-13)5-10-11(8)16-3-1-2-15-10/h4-5,9,14H,1-3,6,13H2. The molecule has 4 nitrogen and oxygen atoms in total. The van der Waals surface area contributed by atoms with Crippen molar-refractivity contribution in [3.63, 3.8) is 0 Å². The first-order valence-corrected chi connectivity index (χ1v) is 5.99. The molecule has 0 aromatic heterocycles. The molecule has 1 aliphatic rings. The van der Waals surface area contributed by atoms with Crippen LogP contribution in [0.5, 0.6) is 11.5 Å². The Labute approximate surface area is 102 Å². The summed E-state index contributed by atoms with van der Waals surface area (Å²) in [6.07, 6.45) is 0.184. The number of aliphatic hydroxyl groups is 1. The lowest BCUT2D eigenvalue weighted by Crippen LogP contribution is -2.11. The summed E-state index contributed by atoms with van der Waals surface area (Å²) in [5.74, 6) is 1.36. The Balaban J connectivity index is 2.39. The third-order valence-electron chi connectivity index (χ3n) is 2.43. The summed E-state index contributed by atoms with van der Waals surface area (Å²) in [5.41, 5.74) is 6.16. The second-order valence-corrected chi connectivity index (χ2v) is 4.49. The molecule has 0 aliphatic carbocycles. The Kier molecular flexibility index (Phi) is 3.68. The number of hydrogen-bond acceptors (Lipinski definition) is 4. The zero-order valence-electron chi connectivity index (χ0n) is 8.78. The molecule has 0 bridgehead atoms. The van der Waals surface area contributed by atoms with Crippen LogP contribution in [0.2, 0.25) is 0 Å². The van der Waals surface area contributed by atoms with E-state index in [0.29, 0.717) is 24.7 Å². The molecule has 0 amide bonds. The Hall–Kier alpha value is -0.780. The van der Waals surface area contributed by atoms with Crippen LogP contribution in [0.25, 0.3) is 0 Å². The Morgan fingerprint density at radius 3 is 2.88 bits per heavy atom. The fourth-order valence-corrected chi connectivity index (χ4v) is 2.15. The van der Waals surface area contributed by atoms with E-state index < -0.39 is 6.10 Å². The van der Waals surface area contributed by atoms with Crippen LogP contribution in [0.4, 0.5) is 0 Å². The van der Waals surface area contributed by atoms with Crippen LogP contribution in [0.3, 0.4) is 0 Å². The van der Waals surface area contributed by atoms with Gasteiger partial charge in [-0.1, -0.05) is 0 Å². The summed E-state index contributed by atoms with van der Waals surface area (Å²) in [6.45, 7) is 1.46. The maximum Gasteiger partial charge on any atom is 0.175 e. The van der Waals surface area contributed by atoms with Gasteiger partial charge in [-0.3, -0.25) is 0 Å². The van der Waals surface area contributed by atoms with E-state index in [0.717, 1.165) is 16.5 Å². The molecule has 0 saturated carbocycles. The molecule has 0 fully saturated rings. The number of rotatable bonds is 2. The predicted molar refractivity (Wildman–Crippen MR) is 63.8 cm³/mol. The molecule has 88 valence electrons. The maximum atomic E-state index is 9.68. The number of hydrogen-bond donors (Lipinski definition) is 2. The molecular formula is C11H14BrNO3. The normalized spacial score (nSPS) is 16.7. The lowest BCUT2D eigenvalue weighted by molar-refractivity contribution is 0.186. The highest BCUT2D eigenvalue weighted by Gasteiger charge is 2.17. The fourth-order valence-electron chi connectivity index (χ4n) is 1.58. The summed E-state index contributed by atoms with van der Waals surface area (Å²) in [4.78, 5) is 0. The van der Waals surface area contributed by atoms with E-state index in [4.69, 9.17) is 15.2 Å². The Bertz CT molecular complexity index is 384. The van der Waals surface area contributed by atoms with Crippen LogP contribution < -0.4 is 15.2 Å². The molecule has 1 aliphatic heterocycles. The minimum Gasteiger partial charge on any atom is -0.490 e. The van der Waals surface area contributed by atoms with Gasteiger partial charge >= 0.3 is 0 Å². The van der Waals surface area contributed by atoms with Gasteiger partial charge in [0.25, 0.3) is 0 Å². The first-order valence-electron chi connectivity index (χ1n) is 5.19. The number of ether oxygens (including phenoxy) is 2. The van der Waals surface area contributed by atoms with E-state index in [1.165, 1.54) is 0 Å². The zero-order valence-corrected chi connectivity index (χ0v) is 10.4. The SMILES string of the molecule is NCC(O)c1cc(Br)c2c(c1)OCCCO2. The van der Waals surface area contributed by atoms with Gasteiger partial charge in [0, 0.05) is 13.0 Å². The molecule has 1 aromatic rings. The molecule has 5 heteroatoms. The van der Waals surface area contributed by atoms with Gasteiger partial charge in [-0.05, 0) is 33.6 Å². The van der Waals surface area contributed by atoms with Crippen LogP contribution in [0, 0.1) is 0 Å². The van der Waals surface area contributed by atoms with Crippen LogP contribution in [0.15, 0.2) is 16.6 Å².